The van der Waals surface area contributed by atoms with Crippen molar-refractivity contribution < 1.29 is 9.59 Å². The Kier molecular flexibility index (Phi) is 7.56. The van der Waals surface area contributed by atoms with Gasteiger partial charge < -0.3 is 16.0 Å². The van der Waals surface area contributed by atoms with Gasteiger partial charge in [-0.15, -0.1) is 5.10 Å². The highest BCUT2D eigenvalue weighted by Crippen LogP contribution is 2.31. The molecular formula is C23H27N7O2S. The Morgan fingerprint density at radius 1 is 1.03 bits per heavy atom. The second kappa shape index (κ2) is 11.0. The van der Waals surface area contributed by atoms with E-state index in [0.29, 0.717) is 16.9 Å². The summed E-state index contributed by atoms with van der Waals surface area (Å²) in [5.74, 6) is 0.161. The van der Waals surface area contributed by atoms with Crippen LogP contribution in [0.15, 0.2) is 59.8 Å². The molecule has 1 aromatic heterocycles. The topological polar surface area (TPSA) is 114 Å². The number of nitrogens with one attached hydrogen (secondary N) is 3. The number of hydrogen-bond donors (Lipinski definition) is 3. The monoisotopic (exact) mass is 465 g/mol. The number of rotatable bonds is 8. The molecule has 0 aliphatic heterocycles. The van der Waals surface area contributed by atoms with E-state index in [0.717, 1.165) is 24.1 Å². The molecule has 0 spiro atoms. The number of thioether (sulfide) groups is 1. The van der Waals surface area contributed by atoms with Crippen LogP contribution in [0, 0.1) is 0 Å². The van der Waals surface area contributed by atoms with Gasteiger partial charge in [0.05, 0.1) is 17.8 Å². The summed E-state index contributed by atoms with van der Waals surface area (Å²) in [5.41, 5.74) is 2.33. The van der Waals surface area contributed by atoms with Crippen molar-refractivity contribution in [2.75, 3.05) is 16.4 Å². The molecule has 1 saturated carbocycles. The summed E-state index contributed by atoms with van der Waals surface area (Å²) in [6.07, 6.45) is 4.55. The molecule has 3 N–H and O–H groups in total. The maximum atomic E-state index is 12.5. The van der Waals surface area contributed by atoms with Gasteiger partial charge in [-0.05, 0) is 60.0 Å². The van der Waals surface area contributed by atoms with Gasteiger partial charge in [-0.1, -0.05) is 54.9 Å². The third kappa shape index (κ3) is 6.32. The highest BCUT2D eigenvalue weighted by atomic mass is 32.2. The zero-order valence-corrected chi connectivity index (χ0v) is 19.2. The molecule has 1 aliphatic rings. The average Bonchev–Trinajstić information content (AvgIpc) is 3.50. The number of anilines is 2. The lowest BCUT2D eigenvalue weighted by Crippen LogP contribution is -2.28. The molecule has 3 aromatic rings. The summed E-state index contributed by atoms with van der Waals surface area (Å²) in [7, 11) is 0. The number of amides is 3. The second-order valence-corrected chi connectivity index (χ2v) is 8.93. The van der Waals surface area contributed by atoms with Crippen LogP contribution < -0.4 is 16.0 Å². The van der Waals surface area contributed by atoms with Crippen LogP contribution in [0.5, 0.6) is 0 Å². The Morgan fingerprint density at radius 2 is 1.70 bits per heavy atom. The first-order valence-corrected chi connectivity index (χ1v) is 12.0. The molecule has 1 heterocycles. The third-order valence-electron chi connectivity index (χ3n) is 5.54. The Labute approximate surface area is 196 Å². The molecule has 2 aromatic carbocycles. The predicted octanol–water partition coefficient (Wildman–Crippen LogP) is 4.40. The van der Waals surface area contributed by atoms with Crippen molar-refractivity contribution >= 4 is 35.1 Å². The summed E-state index contributed by atoms with van der Waals surface area (Å²) in [5, 5.41) is 21.2. The van der Waals surface area contributed by atoms with Crippen LogP contribution in [-0.4, -0.2) is 37.9 Å². The maximum Gasteiger partial charge on any atom is 0.323 e. The smallest absolute Gasteiger partial charge is 0.323 e. The first-order valence-electron chi connectivity index (χ1n) is 11.0. The normalized spacial score (nSPS) is 14.6. The summed E-state index contributed by atoms with van der Waals surface area (Å²) in [6.45, 7) is 1.93. The van der Waals surface area contributed by atoms with E-state index < -0.39 is 0 Å². The van der Waals surface area contributed by atoms with Crippen LogP contribution in [0.1, 0.15) is 50.3 Å². The van der Waals surface area contributed by atoms with E-state index in [1.54, 1.807) is 0 Å². The molecule has 4 rings (SSSR count). The van der Waals surface area contributed by atoms with Crippen molar-refractivity contribution in [1.29, 1.82) is 0 Å². The maximum absolute atomic E-state index is 12.5. The highest BCUT2D eigenvalue weighted by Gasteiger charge is 2.22. The van der Waals surface area contributed by atoms with Gasteiger partial charge in [0.25, 0.3) is 0 Å². The molecule has 33 heavy (non-hydrogen) atoms. The fourth-order valence-electron chi connectivity index (χ4n) is 3.83. The molecule has 9 nitrogen and oxygen atoms in total. The van der Waals surface area contributed by atoms with E-state index in [9.17, 15) is 9.59 Å². The molecule has 1 atom stereocenters. The number of para-hydroxylation sites is 1. The SMILES string of the molecule is CC(NC(=O)CSc1nnnn1C1CCCC1)c1ccc(NC(=O)Nc2ccccc2)cc1. The minimum absolute atomic E-state index is 0.0853. The van der Waals surface area contributed by atoms with Gasteiger partial charge in [0, 0.05) is 11.4 Å². The molecule has 1 unspecified atom stereocenters. The molecule has 172 valence electrons. The van der Waals surface area contributed by atoms with E-state index in [4.69, 9.17) is 0 Å². The molecule has 3 amide bonds. The number of carbonyl (C=O) groups is 2. The standard InChI is InChI=1S/C23H27N7O2S/c1-16(24-21(31)15-33-23-27-28-29-30(23)20-9-5-6-10-20)17-11-13-19(14-12-17)26-22(32)25-18-7-3-2-4-8-18/h2-4,7-8,11-14,16,20H,5-6,9-10,15H2,1H3,(H,24,31)(H2,25,26,32). The van der Waals surface area contributed by atoms with Crippen LogP contribution in [0.3, 0.4) is 0 Å². The number of aromatic nitrogens is 4. The van der Waals surface area contributed by atoms with Crippen molar-refractivity contribution in [3.05, 3.63) is 60.2 Å². The van der Waals surface area contributed by atoms with E-state index in [-0.39, 0.29) is 23.7 Å². The van der Waals surface area contributed by atoms with Gasteiger partial charge in [0.2, 0.25) is 11.1 Å². The van der Waals surface area contributed by atoms with Crippen molar-refractivity contribution in [3.8, 4) is 0 Å². The van der Waals surface area contributed by atoms with Crippen molar-refractivity contribution in [2.24, 2.45) is 0 Å². The van der Waals surface area contributed by atoms with Gasteiger partial charge in [-0.25, -0.2) is 9.48 Å². The molecule has 1 aliphatic carbocycles. The molecular weight excluding hydrogens is 438 g/mol. The van der Waals surface area contributed by atoms with Crippen molar-refractivity contribution in [1.82, 2.24) is 25.5 Å². The lowest BCUT2D eigenvalue weighted by Gasteiger charge is -2.15. The predicted molar refractivity (Wildman–Crippen MR) is 128 cm³/mol. The van der Waals surface area contributed by atoms with Gasteiger partial charge in [-0.3, -0.25) is 4.79 Å². The fraction of sp³-hybridized carbons (Fsp3) is 0.348. The highest BCUT2D eigenvalue weighted by molar-refractivity contribution is 7.99. The van der Waals surface area contributed by atoms with Gasteiger partial charge >= 0.3 is 6.03 Å². The quantitative estimate of drug-likeness (QED) is 0.425. The molecule has 0 saturated heterocycles. The van der Waals surface area contributed by atoms with Gasteiger partial charge in [0.15, 0.2) is 0 Å². The van der Waals surface area contributed by atoms with E-state index in [2.05, 4.69) is 31.5 Å². The van der Waals surface area contributed by atoms with E-state index in [1.165, 1.54) is 24.6 Å². The largest absolute Gasteiger partial charge is 0.349 e. The minimum Gasteiger partial charge on any atom is -0.349 e. The van der Waals surface area contributed by atoms with Gasteiger partial charge in [-0.2, -0.15) is 0 Å². The molecule has 10 heteroatoms. The fourth-order valence-corrected chi connectivity index (χ4v) is 4.58. The lowest BCUT2D eigenvalue weighted by atomic mass is 10.1. The number of urea groups is 1. The van der Waals surface area contributed by atoms with E-state index >= 15 is 0 Å². The average molecular weight is 466 g/mol. The minimum atomic E-state index is -0.313. The Morgan fingerprint density at radius 3 is 2.39 bits per heavy atom. The number of hydrogen-bond acceptors (Lipinski definition) is 6. The Balaban J connectivity index is 1.24. The van der Waals surface area contributed by atoms with Crippen molar-refractivity contribution in [3.63, 3.8) is 0 Å². The van der Waals surface area contributed by atoms with Crippen LogP contribution in [0.2, 0.25) is 0 Å². The number of carbonyl (C=O) groups excluding carboxylic acids is 2. The number of benzene rings is 2. The van der Waals surface area contributed by atoms with Crippen LogP contribution in [0.4, 0.5) is 16.2 Å². The second-order valence-electron chi connectivity index (χ2n) is 7.99. The Bertz CT molecular complexity index is 1070. The van der Waals surface area contributed by atoms with Crippen LogP contribution in [0.25, 0.3) is 0 Å². The summed E-state index contributed by atoms with van der Waals surface area (Å²) in [6, 6.07) is 16.5. The summed E-state index contributed by atoms with van der Waals surface area (Å²) < 4.78 is 1.86. The number of nitrogens with zero attached hydrogens (tertiary/aromatic N) is 4. The lowest BCUT2D eigenvalue weighted by molar-refractivity contribution is -0.119. The zero-order valence-electron chi connectivity index (χ0n) is 18.4. The number of tetrazole rings is 1. The first-order chi connectivity index (χ1) is 16.1. The third-order valence-corrected chi connectivity index (χ3v) is 6.48. The Hall–Kier alpha value is -3.40. The zero-order chi connectivity index (χ0) is 23.0. The van der Waals surface area contributed by atoms with E-state index in [1.807, 2.05) is 66.2 Å². The summed E-state index contributed by atoms with van der Waals surface area (Å²) >= 11 is 1.36. The van der Waals surface area contributed by atoms with Crippen molar-refractivity contribution in [2.45, 2.75) is 49.8 Å². The first kappa shape index (κ1) is 22.8. The van der Waals surface area contributed by atoms with Crippen LogP contribution in [-0.2, 0) is 4.79 Å². The molecule has 0 bridgehead atoms. The van der Waals surface area contributed by atoms with Gasteiger partial charge in [0.1, 0.15) is 0 Å². The van der Waals surface area contributed by atoms with Crippen LogP contribution >= 0.6 is 11.8 Å². The molecule has 1 fully saturated rings. The molecule has 0 radical (unpaired) electrons. The summed E-state index contributed by atoms with van der Waals surface area (Å²) in [4.78, 5) is 24.6.